The minimum absolute atomic E-state index is 0.248. The van der Waals surface area contributed by atoms with Crippen LogP contribution in [0.4, 0.5) is 10.2 Å². The van der Waals surface area contributed by atoms with E-state index in [1.54, 1.807) is 6.20 Å². The molecule has 0 saturated heterocycles. The van der Waals surface area contributed by atoms with Crippen LogP contribution in [0.25, 0.3) is 0 Å². The molecule has 1 atom stereocenters. The third-order valence-electron chi connectivity index (χ3n) is 3.11. The Morgan fingerprint density at radius 2 is 2.38 bits per heavy atom. The van der Waals surface area contributed by atoms with Gasteiger partial charge >= 0.3 is 0 Å². The quantitative estimate of drug-likeness (QED) is 0.895. The second-order valence-corrected chi connectivity index (χ2v) is 5.42. The van der Waals surface area contributed by atoms with Crippen LogP contribution in [0.3, 0.4) is 0 Å². The number of hydrogen-bond donors (Lipinski definition) is 2. The van der Waals surface area contributed by atoms with Gasteiger partial charge in [0.05, 0.1) is 5.54 Å². The second-order valence-electron chi connectivity index (χ2n) is 4.50. The van der Waals surface area contributed by atoms with Crippen molar-refractivity contribution in [2.45, 2.75) is 25.3 Å². The van der Waals surface area contributed by atoms with Gasteiger partial charge in [-0.1, -0.05) is 0 Å². The van der Waals surface area contributed by atoms with Crippen molar-refractivity contribution in [3.63, 3.8) is 0 Å². The third-order valence-corrected chi connectivity index (χ3v) is 3.55. The van der Waals surface area contributed by atoms with Crippen LogP contribution >= 0.6 is 15.9 Å². The molecule has 0 amide bonds. The van der Waals surface area contributed by atoms with Crippen molar-refractivity contribution < 1.29 is 4.39 Å². The minimum Gasteiger partial charge on any atom is -0.361 e. The molecular weight excluding hydrogens is 273 g/mol. The zero-order valence-electron chi connectivity index (χ0n) is 9.13. The fourth-order valence-corrected chi connectivity index (χ4v) is 2.12. The smallest absolute Gasteiger partial charge is 0.166 e. The van der Waals surface area contributed by atoms with Crippen molar-refractivity contribution in [1.82, 2.24) is 4.98 Å². The molecule has 0 radical (unpaired) electrons. The van der Waals surface area contributed by atoms with Gasteiger partial charge < -0.3 is 11.1 Å². The topological polar surface area (TPSA) is 50.9 Å². The summed E-state index contributed by atoms with van der Waals surface area (Å²) in [6.07, 6.45) is 3.88. The van der Waals surface area contributed by atoms with E-state index in [0.717, 1.165) is 12.8 Å². The fraction of sp³-hybridized carbons (Fsp3) is 0.545. The van der Waals surface area contributed by atoms with Crippen molar-refractivity contribution in [2.24, 2.45) is 11.7 Å². The Balaban J connectivity index is 2.18. The Bertz CT molecular complexity index is 395. The number of hydrogen-bond acceptors (Lipinski definition) is 3. The van der Waals surface area contributed by atoms with Gasteiger partial charge in [-0.25, -0.2) is 9.37 Å². The van der Waals surface area contributed by atoms with Crippen LogP contribution in [0.5, 0.6) is 0 Å². The summed E-state index contributed by atoms with van der Waals surface area (Å²) < 4.78 is 14.2. The third kappa shape index (κ3) is 2.35. The van der Waals surface area contributed by atoms with E-state index < -0.39 is 0 Å². The van der Waals surface area contributed by atoms with Gasteiger partial charge in [0.25, 0.3) is 0 Å². The number of nitrogens with zero attached hydrogens (tertiary/aromatic N) is 1. The van der Waals surface area contributed by atoms with Crippen molar-refractivity contribution in [2.75, 3.05) is 11.9 Å². The molecule has 1 unspecified atom stereocenters. The second kappa shape index (κ2) is 4.30. The van der Waals surface area contributed by atoms with Gasteiger partial charge in [0.1, 0.15) is 0 Å². The van der Waals surface area contributed by atoms with Gasteiger partial charge in [-0.15, -0.1) is 0 Å². The van der Waals surface area contributed by atoms with Crippen LogP contribution in [-0.2, 0) is 0 Å². The molecule has 1 aromatic rings. The van der Waals surface area contributed by atoms with E-state index in [-0.39, 0.29) is 17.2 Å². The molecule has 5 heteroatoms. The Hall–Kier alpha value is -0.680. The predicted molar refractivity (Wildman–Crippen MR) is 65.7 cm³/mol. The van der Waals surface area contributed by atoms with Crippen LogP contribution in [0.1, 0.15) is 19.8 Å². The predicted octanol–water partition coefficient (Wildman–Crippen LogP) is 2.52. The van der Waals surface area contributed by atoms with Crippen LogP contribution in [0.2, 0.25) is 0 Å². The van der Waals surface area contributed by atoms with E-state index in [1.807, 2.05) is 6.92 Å². The average Bonchev–Trinajstić information content (AvgIpc) is 3.06. The van der Waals surface area contributed by atoms with Crippen LogP contribution in [0, 0.1) is 11.7 Å². The van der Waals surface area contributed by atoms with Gasteiger partial charge in [-0.05, 0) is 47.7 Å². The van der Waals surface area contributed by atoms with Crippen molar-refractivity contribution in [3.05, 3.63) is 22.6 Å². The standard InChI is InChI=1S/C11H15BrFN3/c1-11(6-14,7-2-3-7)16-10-9(13)4-8(12)5-15-10/h4-5,7H,2-3,6,14H2,1H3,(H,15,16). The summed E-state index contributed by atoms with van der Waals surface area (Å²) in [7, 11) is 0. The lowest BCUT2D eigenvalue weighted by molar-refractivity contribution is 0.453. The Morgan fingerprint density at radius 3 is 2.88 bits per heavy atom. The molecule has 0 bridgehead atoms. The van der Waals surface area contributed by atoms with Crippen LogP contribution in [-0.4, -0.2) is 17.1 Å². The van der Waals surface area contributed by atoms with E-state index in [9.17, 15) is 4.39 Å². The highest BCUT2D eigenvalue weighted by atomic mass is 79.9. The average molecular weight is 288 g/mol. The van der Waals surface area contributed by atoms with Crippen molar-refractivity contribution >= 4 is 21.7 Å². The lowest BCUT2D eigenvalue weighted by atomic mass is 9.96. The summed E-state index contributed by atoms with van der Waals surface area (Å²) in [4.78, 5) is 4.03. The molecule has 3 nitrogen and oxygen atoms in total. The maximum Gasteiger partial charge on any atom is 0.166 e. The lowest BCUT2D eigenvalue weighted by Crippen LogP contribution is -2.45. The molecule has 16 heavy (non-hydrogen) atoms. The van der Waals surface area contributed by atoms with E-state index >= 15 is 0 Å². The summed E-state index contributed by atoms with van der Waals surface area (Å²) in [5, 5.41) is 3.13. The fourth-order valence-electron chi connectivity index (χ4n) is 1.82. The van der Waals surface area contributed by atoms with Gasteiger partial charge in [0, 0.05) is 17.2 Å². The number of aromatic nitrogens is 1. The summed E-state index contributed by atoms with van der Waals surface area (Å²) in [5.74, 6) is 0.458. The first-order valence-electron chi connectivity index (χ1n) is 5.34. The van der Waals surface area contributed by atoms with Gasteiger partial charge in [0.15, 0.2) is 11.6 Å². The number of nitrogens with two attached hydrogens (primary N) is 1. The number of nitrogens with one attached hydrogen (secondary N) is 1. The van der Waals surface area contributed by atoms with Crippen molar-refractivity contribution in [3.8, 4) is 0 Å². The van der Waals surface area contributed by atoms with E-state index in [1.165, 1.54) is 6.07 Å². The molecule has 0 spiro atoms. The zero-order valence-corrected chi connectivity index (χ0v) is 10.7. The van der Waals surface area contributed by atoms with E-state index in [4.69, 9.17) is 5.73 Å². The SMILES string of the molecule is CC(CN)(Nc1ncc(Br)cc1F)C1CC1. The zero-order chi connectivity index (χ0) is 11.8. The summed E-state index contributed by atoms with van der Waals surface area (Å²) in [5.41, 5.74) is 5.51. The first-order chi connectivity index (χ1) is 7.55. The maximum atomic E-state index is 13.6. The Morgan fingerprint density at radius 1 is 1.69 bits per heavy atom. The number of rotatable bonds is 4. The molecular formula is C11H15BrFN3. The highest BCUT2D eigenvalue weighted by molar-refractivity contribution is 9.10. The normalized spacial score (nSPS) is 19.2. The highest BCUT2D eigenvalue weighted by Gasteiger charge is 2.41. The van der Waals surface area contributed by atoms with E-state index in [2.05, 4.69) is 26.2 Å². The molecule has 1 aliphatic rings. The van der Waals surface area contributed by atoms with Crippen LogP contribution < -0.4 is 11.1 Å². The molecule has 2 rings (SSSR count). The summed E-state index contributed by atoms with van der Waals surface area (Å²) in [6.45, 7) is 2.50. The summed E-state index contributed by atoms with van der Waals surface area (Å²) >= 11 is 3.18. The lowest BCUT2D eigenvalue weighted by Gasteiger charge is -2.30. The highest BCUT2D eigenvalue weighted by Crippen LogP contribution is 2.40. The first-order valence-corrected chi connectivity index (χ1v) is 6.14. The molecule has 1 aliphatic carbocycles. The largest absolute Gasteiger partial charge is 0.361 e. The molecule has 1 heterocycles. The Kier molecular flexibility index (Phi) is 3.17. The van der Waals surface area contributed by atoms with Crippen molar-refractivity contribution in [1.29, 1.82) is 0 Å². The van der Waals surface area contributed by atoms with Gasteiger partial charge in [0.2, 0.25) is 0 Å². The Labute approximate surface area is 103 Å². The molecule has 0 aromatic carbocycles. The molecule has 88 valence electrons. The summed E-state index contributed by atoms with van der Waals surface area (Å²) in [6, 6.07) is 1.40. The number of halogens is 2. The monoisotopic (exact) mass is 287 g/mol. The maximum absolute atomic E-state index is 13.6. The molecule has 3 N–H and O–H groups in total. The molecule has 0 aliphatic heterocycles. The molecule has 1 saturated carbocycles. The number of anilines is 1. The van der Waals surface area contributed by atoms with Crippen LogP contribution in [0.15, 0.2) is 16.7 Å². The van der Waals surface area contributed by atoms with Gasteiger partial charge in [-0.3, -0.25) is 0 Å². The van der Waals surface area contributed by atoms with Gasteiger partial charge in [-0.2, -0.15) is 0 Å². The number of pyridine rings is 1. The molecule has 1 fully saturated rings. The van der Waals surface area contributed by atoms with E-state index in [0.29, 0.717) is 16.9 Å². The molecule has 1 aromatic heterocycles. The first kappa shape index (κ1) is 11.8. The minimum atomic E-state index is -0.352.